The average Bonchev–Trinajstić information content (AvgIpc) is 3.10. The molecule has 7 heteroatoms. The van der Waals surface area contributed by atoms with E-state index in [4.69, 9.17) is 16.3 Å². The fraction of sp³-hybridized carbons (Fsp3) is 0.522. The van der Waals surface area contributed by atoms with E-state index >= 15 is 0 Å². The number of anilines is 1. The summed E-state index contributed by atoms with van der Waals surface area (Å²) >= 11 is 6.00. The number of methoxy groups -OCH3 is 1. The number of hydrogen-bond donors (Lipinski definition) is 0. The molecule has 1 amide bonds. The van der Waals surface area contributed by atoms with Crippen molar-refractivity contribution in [3.63, 3.8) is 0 Å². The third kappa shape index (κ3) is 4.66. The van der Waals surface area contributed by atoms with Gasteiger partial charge in [-0.05, 0) is 43.7 Å². The Balaban J connectivity index is 1.27. The number of fused-ring (bicyclic) bond motifs is 1. The van der Waals surface area contributed by atoms with Gasteiger partial charge in [0, 0.05) is 82.1 Å². The molecule has 2 aromatic rings. The van der Waals surface area contributed by atoms with Crippen molar-refractivity contribution in [2.75, 3.05) is 57.8 Å². The lowest BCUT2D eigenvalue weighted by atomic mass is 10.1. The fourth-order valence-corrected chi connectivity index (χ4v) is 4.69. The van der Waals surface area contributed by atoms with Gasteiger partial charge in [-0.25, -0.2) is 0 Å². The Morgan fingerprint density at radius 3 is 2.47 bits per heavy atom. The van der Waals surface area contributed by atoms with E-state index in [-0.39, 0.29) is 12.0 Å². The van der Waals surface area contributed by atoms with Crippen molar-refractivity contribution in [1.82, 2.24) is 14.4 Å². The quantitative estimate of drug-likeness (QED) is 0.704. The molecule has 1 aromatic carbocycles. The number of aromatic nitrogens is 1. The minimum atomic E-state index is -0.00362. The third-order valence-electron chi connectivity index (χ3n) is 6.26. The van der Waals surface area contributed by atoms with Gasteiger partial charge >= 0.3 is 0 Å². The van der Waals surface area contributed by atoms with Gasteiger partial charge < -0.3 is 19.1 Å². The summed E-state index contributed by atoms with van der Waals surface area (Å²) in [5.74, 6) is 0.137. The van der Waals surface area contributed by atoms with Gasteiger partial charge in [0.25, 0.3) is 5.91 Å². The Kier molecular flexibility index (Phi) is 6.66. The molecule has 6 nitrogen and oxygen atoms in total. The Hall–Kier alpha value is -2.02. The van der Waals surface area contributed by atoms with Crippen LogP contribution in [0.25, 0.3) is 0 Å². The van der Waals surface area contributed by atoms with Crippen molar-refractivity contribution in [3.8, 4) is 0 Å². The molecule has 3 heterocycles. The molecule has 162 valence electrons. The first-order valence-corrected chi connectivity index (χ1v) is 11.1. The van der Waals surface area contributed by atoms with Crippen molar-refractivity contribution in [3.05, 3.63) is 52.8 Å². The first kappa shape index (κ1) is 21.2. The molecule has 30 heavy (non-hydrogen) atoms. The summed E-state index contributed by atoms with van der Waals surface area (Å²) < 4.78 is 7.60. The van der Waals surface area contributed by atoms with Gasteiger partial charge in [-0.3, -0.25) is 9.69 Å². The van der Waals surface area contributed by atoms with Gasteiger partial charge in [-0.2, -0.15) is 0 Å². The van der Waals surface area contributed by atoms with Crippen LogP contribution in [0, 0.1) is 0 Å². The highest BCUT2D eigenvalue weighted by Gasteiger charge is 2.29. The second-order valence-electron chi connectivity index (χ2n) is 8.26. The zero-order valence-corrected chi connectivity index (χ0v) is 18.6. The van der Waals surface area contributed by atoms with E-state index in [0.29, 0.717) is 0 Å². The number of hydrogen-bond acceptors (Lipinski definition) is 4. The lowest BCUT2D eigenvalue weighted by Gasteiger charge is -2.36. The molecule has 2 aliphatic rings. The minimum absolute atomic E-state index is 0.00362. The van der Waals surface area contributed by atoms with E-state index in [0.717, 1.165) is 74.8 Å². The highest BCUT2D eigenvalue weighted by Crippen LogP contribution is 2.29. The normalized spacial score (nSPS) is 20.4. The molecule has 1 atom stereocenters. The summed E-state index contributed by atoms with van der Waals surface area (Å²) in [5, 5.41) is 0.778. The molecule has 1 saturated heterocycles. The minimum Gasteiger partial charge on any atom is -0.377 e. The monoisotopic (exact) mass is 430 g/mol. The maximum absolute atomic E-state index is 13.0. The molecule has 0 aliphatic carbocycles. The molecule has 0 radical (unpaired) electrons. The van der Waals surface area contributed by atoms with Gasteiger partial charge in [-0.1, -0.05) is 11.6 Å². The molecule has 0 spiro atoms. The van der Waals surface area contributed by atoms with Crippen molar-refractivity contribution in [1.29, 1.82) is 0 Å². The second-order valence-corrected chi connectivity index (χ2v) is 8.69. The van der Waals surface area contributed by atoms with Crippen molar-refractivity contribution in [2.24, 2.45) is 7.05 Å². The summed E-state index contributed by atoms with van der Waals surface area (Å²) in [5.41, 5.74) is 3.05. The highest BCUT2D eigenvalue weighted by molar-refractivity contribution is 6.30. The van der Waals surface area contributed by atoms with Gasteiger partial charge in [0.15, 0.2) is 0 Å². The van der Waals surface area contributed by atoms with Crippen molar-refractivity contribution < 1.29 is 9.53 Å². The SMILES string of the molecule is COC1CCN(CCCN2CCN(c3ccc(Cl)cc3)CC2)C(=O)c2cn(C)cc21. The summed E-state index contributed by atoms with van der Waals surface area (Å²) in [6.07, 6.45) is 5.78. The summed E-state index contributed by atoms with van der Waals surface area (Å²) in [6.45, 7) is 6.70. The fourth-order valence-electron chi connectivity index (χ4n) is 4.57. The van der Waals surface area contributed by atoms with Gasteiger partial charge in [-0.15, -0.1) is 0 Å². The maximum Gasteiger partial charge on any atom is 0.255 e. The van der Waals surface area contributed by atoms with Crippen LogP contribution in [0.1, 0.15) is 34.9 Å². The van der Waals surface area contributed by atoms with Crippen molar-refractivity contribution in [2.45, 2.75) is 18.9 Å². The van der Waals surface area contributed by atoms with Crippen LogP contribution < -0.4 is 4.90 Å². The number of ether oxygens (including phenoxy) is 1. The van der Waals surface area contributed by atoms with E-state index in [1.165, 1.54) is 5.69 Å². The lowest BCUT2D eigenvalue weighted by Crippen LogP contribution is -2.47. The molecule has 1 fully saturated rings. The number of rotatable bonds is 6. The number of halogens is 1. The smallest absolute Gasteiger partial charge is 0.255 e. The van der Waals surface area contributed by atoms with E-state index in [1.807, 2.05) is 41.0 Å². The number of amides is 1. The molecule has 0 saturated carbocycles. The molecule has 0 N–H and O–H groups in total. The zero-order chi connectivity index (χ0) is 21.1. The standard InChI is InChI=1S/C23H31ClN4O2/c1-25-16-20-21(17-25)23(29)28(11-8-22(20)30-2)10-3-9-26-12-14-27(15-13-26)19-6-4-18(24)5-7-19/h4-7,16-17,22H,3,8-15H2,1-2H3. The largest absolute Gasteiger partial charge is 0.377 e. The second kappa shape index (κ2) is 9.41. The highest BCUT2D eigenvalue weighted by atomic mass is 35.5. The van der Waals surface area contributed by atoms with Crippen molar-refractivity contribution >= 4 is 23.2 Å². The summed E-state index contributed by atoms with van der Waals surface area (Å²) in [7, 11) is 3.69. The van der Waals surface area contributed by atoms with Crippen LogP contribution in [0.15, 0.2) is 36.7 Å². The van der Waals surface area contributed by atoms with Gasteiger partial charge in [0.2, 0.25) is 0 Å². The Bertz CT molecular complexity index is 859. The first-order valence-electron chi connectivity index (χ1n) is 10.8. The zero-order valence-electron chi connectivity index (χ0n) is 17.9. The van der Waals surface area contributed by atoms with Crippen LogP contribution in [-0.4, -0.2) is 73.2 Å². The third-order valence-corrected chi connectivity index (χ3v) is 6.52. The van der Waals surface area contributed by atoms with E-state index < -0.39 is 0 Å². The summed E-state index contributed by atoms with van der Waals surface area (Å²) in [4.78, 5) is 20.0. The summed E-state index contributed by atoms with van der Waals surface area (Å²) in [6, 6.07) is 8.09. The van der Waals surface area contributed by atoms with Crippen LogP contribution in [0.5, 0.6) is 0 Å². The molecule has 0 bridgehead atoms. The predicted octanol–water partition coefficient (Wildman–Crippen LogP) is 3.42. The van der Waals surface area contributed by atoms with Crippen LogP contribution in [0.3, 0.4) is 0 Å². The number of carbonyl (C=O) groups is 1. The Morgan fingerprint density at radius 1 is 1.03 bits per heavy atom. The van der Waals surface area contributed by atoms with Crippen LogP contribution in [0.4, 0.5) is 5.69 Å². The first-order chi connectivity index (χ1) is 14.5. The number of carbonyl (C=O) groups excluding carboxylic acids is 1. The molecule has 2 aliphatic heterocycles. The van der Waals surface area contributed by atoms with E-state index in [2.05, 4.69) is 21.9 Å². The average molecular weight is 431 g/mol. The molecule has 4 rings (SSSR count). The van der Waals surface area contributed by atoms with Gasteiger partial charge in [0.1, 0.15) is 0 Å². The van der Waals surface area contributed by atoms with Gasteiger partial charge in [0.05, 0.1) is 11.7 Å². The Labute approximate surface area is 183 Å². The molecular formula is C23H31ClN4O2. The molecule has 1 aromatic heterocycles. The number of benzene rings is 1. The molecule has 1 unspecified atom stereocenters. The lowest BCUT2D eigenvalue weighted by molar-refractivity contribution is 0.0697. The van der Waals surface area contributed by atoms with Crippen LogP contribution in [-0.2, 0) is 11.8 Å². The Morgan fingerprint density at radius 2 is 1.77 bits per heavy atom. The number of piperazine rings is 1. The van der Waals surface area contributed by atoms with Crippen LogP contribution >= 0.6 is 11.6 Å². The number of aryl methyl sites for hydroxylation is 1. The van der Waals surface area contributed by atoms with E-state index in [9.17, 15) is 4.79 Å². The molecular weight excluding hydrogens is 400 g/mol. The maximum atomic E-state index is 13.0. The predicted molar refractivity (Wildman–Crippen MR) is 120 cm³/mol. The van der Waals surface area contributed by atoms with Crippen LogP contribution in [0.2, 0.25) is 5.02 Å². The number of nitrogens with zero attached hydrogens (tertiary/aromatic N) is 4. The van der Waals surface area contributed by atoms with E-state index in [1.54, 1.807) is 7.11 Å². The topological polar surface area (TPSA) is 41.0 Å².